The average Bonchev–Trinajstić information content (AvgIpc) is 2.48. The summed E-state index contributed by atoms with van der Waals surface area (Å²) in [5.41, 5.74) is 7.71. The van der Waals surface area contributed by atoms with E-state index in [1.165, 1.54) is 12.5 Å². The minimum Gasteiger partial charge on any atom is -0.376 e. The Hall–Kier alpha value is -1.13. The number of nitrogens with zero attached hydrogens (tertiary/aromatic N) is 1. The van der Waals surface area contributed by atoms with Gasteiger partial charge >= 0.3 is 0 Å². The van der Waals surface area contributed by atoms with Crippen LogP contribution in [0.5, 0.6) is 0 Å². The quantitative estimate of drug-likeness (QED) is 0.876. The lowest BCUT2D eigenvalue weighted by molar-refractivity contribution is 0.0215. The minimum absolute atomic E-state index is 0.0740. The highest BCUT2D eigenvalue weighted by atomic mass is 19.1. The molecule has 2 atom stereocenters. The van der Waals surface area contributed by atoms with Crippen LogP contribution < -0.4 is 10.6 Å². The predicted molar refractivity (Wildman–Crippen MR) is 85.2 cm³/mol. The molecule has 3 nitrogen and oxygen atoms in total. The molecule has 1 aliphatic heterocycles. The standard InChI is InChI=1S/C17H27FN2O/c1-3-14(19)11-13-7-6-9-16(18)17(13)20(2)12-15-8-4-5-10-21-15/h6-7,9,14-15H,3-5,8,10-12,19H2,1-2H3. The predicted octanol–water partition coefficient (Wildman–Crippen LogP) is 3.11. The largest absolute Gasteiger partial charge is 0.376 e. The van der Waals surface area contributed by atoms with Crippen molar-refractivity contribution in [2.24, 2.45) is 5.73 Å². The van der Waals surface area contributed by atoms with Crippen LogP contribution in [0.3, 0.4) is 0 Å². The number of rotatable bonds is 6. The Morgan fingerprint density at radius 1 is 1.43 bits per heavy atom. The number of nitrogens with two attached hydrogens (primary N) is 1. The van der Waals surface area contributed by atoms with Crippen LogP contribution in [0.15, 0.2) is 18.2 Å². The zero-order valence-electron chi connectivity index (χ0n) is 13.1. The van der Waals surface area contributed by atoms with Crippen molar-refractivity contribution >= 4 is 5.69 Å². The van der Waals surface area contributed by atoms with Crippen LogP contribution in [0, 0.1) is 5.82 Å². The third-order valence-corrected chi connectivity index (χ3v) is 4.21. The fourth-order valence-corrected chi connectivity index (χ4v) is 2.93. The normalized spacial score (nSPS) is 20.3. The Morgan fingerprint density at radius 2 is 2.24 bits per heavy atom. The summed E-state index contributed by atoms with van der Waals surface area (Å²) in [6.07, 6.45) is 5.20. The lowest BCUT2D eigenvalue weighted by atomic mass is 10.0. The Kier molecular flexibility index (Phi) is 6.00. The molecule has 0 bridgehead atoms. The van der Waals surface area contributed by atoms with Crippen LogP contribution in [0.25, 0.3) is 0 Å². The summed E-state index contributed by atoms with van der Waals surface area (Å²) in [6.45, 7) is 3.61. The smallest absolute Gasteiger partial charge is 0.146 e. The molecule has 1 fully saturated rings. The van der Waals surface area contributed by atoms with Gasteiger partial charge in [-0.3, -0.25) is 0 Å². The van der Waals surface area contributed by atoms with E-state index in [1.54, 1.807) is 6.07 Å². The van der Waals surface area contributed by atoms with Gasteiger partial charge < -0.3 is 15.4 Å². The Labute approximate surface area is 127 Å². The molecule has 1 aromatic rings. The van der Waals surface area contributed by atoms with Gasteiger partial charge in [-0.05, 0) is 43.7 Å². The number of halogens is 1. The lowest BCUT2D eigenvalue weighted by Gasteiger charge is -2.30. The van der Waals surface area contributed by atoms with Gasteiger partial charge in [0, 0.05) is 26.2 Å². The highest BCUT2D eigenvalue weighted by Crippen LogP contribution is 2.26. The van der Waals surface area contributed by atoms with Gasteiger partial charge in [0.2, 0.25) is 0 Å². The summed E-state index contributed by atoms with van der Waals surface area (Å²) in [6, 6.07) is 5.34. The molecule has 0 saturated carbocycles. The van der Waals surface area contributed by atoms with Crippen LogP contribution in [0.1, 0.15) is 38.2 Å². The molecular weight excluding hydrogens is 267 g/mol. The number of anilines is 1. The third-order valence-electron chi connectivity index (χ3n) is 4.21. The maximum Gasteiger partial charge on any atom is 0.146 e. The van der Waals surface area contributed by atoms with E-state index in [0.29, 0.717) is 12.1 Å². The second kappa shape index (κ2) is 7.76. The summed E-state index contributed by atoms with van der Waals surface area (Å²) in [4.78, 5) is 1.99. The maximum absolute atomic E-state index is 14.3. The van der Waals surface area contributed by atoms with E-state index in [1.807, 2.05) is 18.0 Å². The number of benzene rings is 1. The minimum atomic E-state index is -0.172. The molecule has 2 N–H and O–H groups in total. The summed E-state index contributed by atoms with van der Waals surface area (Å²) < 4.78 is 20.0. The van der Waals surface area contributed by atoms with Gasteiger partial charge in [0.05, 0.1) is 11.8 Å². The van der Waals surface area contributed by atoms with Crippen molar-refractivity contribution in [3.8, 4) is 0 Å². The molecular formula is C17H27FN2O. The summed E-state index contributed by atoms with van der Waals surface area (Å²) in [5.74, 6) is -0.172. The number of likely N-dealkylation sites (N-methyl/N-ethyl adjacent to an activating group) is 1. The van der Waals surface area contributed by atoms with Crippen LogP contribution in [0.4, 0.5) is 10.1 Å². The van der Waals surface area contributed by atoms with Crippen molar-refractivity contribution in [1.29, 1.82) is 0 Å². The highest BCUT2D eigenvalue weighted by molar-refractivity contribution is 5.54. The van der Waals surface area contributed by atoms with Crippen molar-refractivity contribution in [3.63, 3.8) is 0 Å². The summed E-state index contributed by atoms with van der Waals surface area (Å²) in [5, 5.41) is 0. The molecule has 0 aliphatic carbocycles. The number of para-hydroxylation sites is 1. The van der Waals surface area contributed by atoms with Crippen LogP contribution in [-0.4, -0.2) is 32.3 Å². The van der Waals surface area contributed by atoms with E-state index in [4.69, 9.17) is 10.5 Å². The molecule has 1 aliphatic rings. The molecule has 1 aromatic carbocycles. The van der Waals surface area contributed by atoms with Gasteiger partial charge in [0.15, 0.2) is 0 Å². The van der Waals surface area contributed by atoms with Crippen LogP contribution in [0.2, 0.25) is 0 Å². The molecule has 0 radical (unpaired) electrons. The maximum atomic E-state index is 14.3. The average molecular weight is 294 g/mol. The first kappa shape index (κ1) is 16.2. The van der Waals surface area contributed by atoms with E-state index in [-0.39, 0.29) is 18.0 Å². The molecule has 1 heterocycles. The topological polar surface area (TPSA) is 38.5 Å². The van der Waals surface area contributed by atoms with Crippen molar-refractivity contribution < 1.29 is 9.13 Å². The SMILES string of the molecule is CCC(N)Cc1cccc(F)c1N(C)CC1CCCCO1. The van der Waals surface area contributed by atoms with Gasteiger partial charge in [0.25, 0.3) is 0 Å². The van der Waals surface area contributed by atoms with Gasteiger partial charge in [-0.25, -0.2) is 4.39 Å². The van der Waals surface area contributed by atoms with Crippen LogP contribution in [-0.2, 0) is 11.2 Å². The number of hydrogen-bond acceptors (Lipinski definition) is 3. The first-order valence-corrected chi connectivity index (χ1v) is 7.97. The number of hydrogen-bond donors (Lipinski definition) is 1. The molecule has 0 aromatic heterocycles. The fourth-order valence-electron chi connectivity index (χ4n) is 2.93. The van der Waals surface area contributed by atoms with Crippen LogP contribution >= 0.6 is 0 Å². The third kappa shape index (κ3) is 4.42. The van der Waals surface area contributed by atoms with E-state index < -0.39 is 0 Å². The van der Waals surface area contributed by atoms with Gasteiger partial charge in [-0.2, -0.15) is 0 Å². The van der Waals surface area contributed by atoms with E-state index in [0.717, 1.165) is 38.0 Å². The molecule has 0 amide bonds. The molecule has 0 spiro atoms. The first-order valence-electron chi connectivity index (χ1n) is 7.97. The molecule has 2 rings (SSSR count). The Morgan fingerprint density at radius 3 is 2.90 bits per heavy atom. The van der Waals surface area contributed by atoms with Crippen molar-refractivity contribution in [2.75, 3.05) is 25.1 Å². The van der Waals surface area contributed by atoms with Crippen molar-refractivity contribution in [3.05, 3.63) is 29.6 Å². The zero-order chi connectivity index (χ0) is 15.2. The highest BCUT2D eigenvalue weighted by Gasteiger charge is 2.20. The Bertz CT molecular complexity index is 446. The van der Waals surface area contributed by atoms with Gasteiger partial charge in [0.1, 0.15) is 5.82 Å². The fraction of sp³-hybridized carbons (Fsp3) is 0.647. The van der Waals surface area contributed by atoms with E-state index >= 15 is 0 Å². The van der Waals surface area contributed by atoms with Gasteiger partial charge in [-0.1, -0.05) is 19.1 Å². The second-order valence-electron chi connectivity index (χ2n) is 5.99. The molecule has 21 heavy (non-hydrogen) atoms. The molecule has 1 saturated heterocycles. The summed E-state index contributed by atoms with van der Waals surface area (Å²) >= 11 is 0. The lowest BCUT2D eigenvalue weighted by Crippen LogP contribution is -2.34. The van der Waals surface area contributed by atoms with E-state index in [9.17, 15) is 4.39 Å². The molecule has 4 heteroatoms. The monoisotopic (exact) mass is 294 g/mol. The van der Waals surface area contributed by atoms with Crippen molar-refractivity contribution in [1.82, 2.24) is 0 Å². The number of ether oxygens (including phenoxy) is 1. The van der Waals surface area contributed by atoms with Crippen molar-refractivity contribution in [2.45, 2.75) is 51.2 Å². The Balaban J connectivity index is 2.12. The summed E-state index contributed by atoms with van der Waals surface area (Å²) in [7, 11) is 1.94. The van der Waals surface area contributed by atoms with E-state index in [2.05, 4.69) is 6.92 Å². The van der Waals surface area contributed by atoms with Gasteiger partial charge in [-0.15, -0.1) is 0 Å². The molecule has 118 valence electrons. The molecule has 2 unspecified atom stereocenters. The second-order valence-corrected chi connectivity index (χ2v) is 5.99. The zero-order valence-corrected chi connectivity index (χ0v) is 13.1. The first-order chi connectivity index (χ1) is 10.1.